The predicted molar refractivity (Wildman–Crippen MR) is 59.9 cm³/mol. The number of rotatable bonds is 3. The molecule has 1 N–H and O–H groups in total. The zero-order valence-electron chi connectivity index (χ0n) is 9.46. The van der Waals surface area contributed by atoms with E-state index in [1.807, 2.05) is 13.0 Å². The average molecular weight is 207 g/mol. The van der Waals surface area contributed by atoms with E-state index < -0.39 is 0 Å². The molecular formula is C12H17NO2. The SMILES string of the molecule is COc1cc(C2CNC2)c(OC)cc1C. The van der Waals surface area contributed by atoms with Crippen LogP contribution in [0.5, 0.6) is 11.5 Å². The molecule has 1 aromatic carbocycles. The maximum absolute atomic E-state index is 5.40. The molecule has 0 aliphatic carbocycles. The topological polar surface area (TPSA) is 30.5 Å². The van der Waals surface area contributed by atoms with Crippen LogP contribution in [0.1, 0.15) is 17.0 Å². The van der Waals surface area contributed by atoms with Gasteiger partial charge in [0.25, 0.3) is 0 Å². The molecule has 1 aromatic rings. The van der Waals surface area contributed by atoms with E-state index in [0.717, 1.165) is 30.2 Å². The highest BCUT2D eigenvalue weighted by molar-refractivity contribution is 5.48. The minimum absolute atomic E-state index is 0.564. The standard InChI is InChI=1S/C12H17NO2/c1-8-4-12(15-3)10(5-11(8)14-2)9-6-13-7-9/h4-5,9,13H,6-7H2,1-3H3. The summed E-state index contributed by atoms with van der Waals surface area (Å²) in [6.45, 7) is 4.09. The molecule has 3 nitrogen and oxygen atoms in total. The molecule has 0 unspecified atom stereocenters. The Kier molecular flexibility index (Phi) is 2.82. The number of benzene rings is 1. The van der Waals surface area contributed by atoms with Crippen molar-refractivity contribution in [3.63, 3.8) is 0 Å². The van der Waals surface area contributed by atoms with Crippen LogP contribution in [0.15, 0.2) is 12.1 Å². The highest BCUT2D eigenvalue weighted by atomic mass is 16.5. The molecule has 82 valence electrons. The van der Waals surface area contributed by atoms with Gasteiger partial charge in [0.15, 0.2) is 0 Å². The molecule has 1 saturated heterocycles. The Balaban J connectivity index is 2.40. The first-order chi connectivity index (χ1) is 7.26. The third kappa shape index (κ3) is 1.79. The van der Waals surface area contributed by atoms with Gasteiger partial charge < -0.3 is 14.8 Å². The van der Waals surface area contributed by atoms with Gasteiger partial charge in [0, 0.05) is 24.6 Å². The summed E-state index contributed by atoms with van der Waals surface area (Å²) in [5.74, 6) is 2.48. The largest absolute Gasteiger partial charge is 0.496 e. The summed E-state index contributed by atoms with van der Waals surface area (Å²) < 4.78 is 10.7. The fourth-order valence-electron chi connectivity index (χ4n) is 1.90. The van der Waals surface area contributed by atoms with Crippen LogP contribution in [0, 0.1) is 6.92 Å². The van der Waals surface area contributed by atoms with Crippen molar-refractivity contribution in [1.29, 1.82) is 0 Å². The molecule has 1 heterocycles. The summed E-state index contributed by atoms with van der Waals surface area (Å²) in [7, 11) is 3.43. The molecule has 1 aliphatic rings. The Morgan fingerprint density at radius 1 is 1.13 bits per heavy atom. The summed E-state index contributed by atoms with van der Waals surface area (Å²) in [6, 6.07) is 4.14. The molecule has 0 bridgehead atoms. The van der Waals surface area contributed by atoms with Gasteiger partial charge in [-0.2, -0.15) is 0 Å². The molecule has 0 radical (unpaired) electrons. The average Bonchev–Trinajstić information content (AvgIpc) is 2.17. The molecule has 0 saturated carbocycles. The van der Waals surface area contributed by atoms with Crippen molar-refractivity contribution in [2.24, 2.45) is 0 Å². The van der Waals surface area contributed by atoms with Gasteiger partial charge >= 0.3 is 0 Å². The quantitative estimate of drug-likeness (QED) is 0.818. The van der Waals surface area contributed by atoms with Crippen molar-refractivity contribution in [3.05, 3.63) is 23.3 Å². The summed E-state index contributed by atoms with van der Waals surface area (Å²) in [6.07, 6.45) is 0. The van der Waals surface area contributed by atoms with E-state index in [1.165, 1.54) is 5.56 Å². The maximum Gasteiger partial charge on any atom is 0.122 e. The molecule has 3 heteroatoms. The number of nitrogens with one attached hydrogen (secondary N) is 1. The van der Waals surface area contributed by atoms with Gasteiger partial charge in [0.2, 0.25) is 0 Å². The lowest BCUT2D eigenvalue weighted by Gasteiger charge is -2.29. The van der Waals surface area contributed by atoms with Gasteiger partial charge in [-0.05, 0) is 24.6 Å². The zero-order chi connectivity index (χ0) is 10.8. The molecule has 0 amide bonds. The summed E-state index contributed by atoms with van der Waals surface area (Å²) in [5.41, 5.74) is 2.36. The minimum atomic E-state index is 0.564. The van der Waals surface area contributed by atoms with E-state index in [9.17, 15) is 0 Å². The van der Waals surface area contributed by atoms with Gasteiger partial charge in [0.1, 0.15) is 11.5 Å². The second-order valence-corrected chi connectivity index (χ2v) is 3.92. The molecule has 0 spiro atoms. The first-order valence-electron chi connectivity index (χ1n) is 5.19. The van der Waals surface area contributed by atoms with E-state index in [-0.39, 0.29) is 0 Å². The first-order valence-corrected chi connectivity index (χ1v) is 5.19. The van der Waals surface area contributed by atoms with E-state index in [2.05, 4.69) is 11.4 Å². The van der Waals surface area contributed by atoms with Crippen molar-refractivity contribution in [2.75, 3.05) is 27.3 Å². The zero-order valence-corrected chi connectivity index (χ0v) is 9.46. The Hall–Kier alpha value is -1.22. The fraction of sp³-hybridized carbons (Fsp3) is 0.500. The highest BCUT2D eigenvalue weighted by Crippen LogP contribution is 2.34. The molecule has 1 aliphatic heterocycles. The molecule has 0 aromatic heterocycles. The van der Waals surface area contributed by atoms with Crippen molar-refractivity contribution < 1.29 is 9.47 Å². The minimum Gasteiger partial charge on any atom is -0.496 e. The summed E-state index contributed by atoms with van der Waals surface area (Å²) in [5, 5.41) is 3.27. The molecule has 1 fully saturated rings. The van der Waals surface area contributed by atoms with E-state index >= 15 is 0 Å². The second kappa shape index (κ2) is 4.11. The Morgan fingerprint density at radius 2 is 1.80 bits per heavy atom. The normalized spacial score (nSPS) is 15.9. The van der Waals surface area contributed by atoms with Crippen LogP contribution in [0.3, 0.4) is 0 Å². The number of ether oxygens (including phenoxy) is 2. The smallest absolute Gasteiger partial charge is 0.122 e. The van der Waals surface area contributed by atoms with Crippen LogP contribution in [0.2, 0.25) is 0 Å². The first kappa shape index (κ1) is 10.3. The highest BCUT2D eigenvalue weighted by Gasteiger charge is 2.23. The Morgan fingerprint density at radius 3 is 2.27 bits per heavy atom. The molecule has 0 atom stereocenters. The predicted octanol–water partition coefficient (Wildman–Crippen LogP) is 1.70. The van der Waals surface area contributed by atoms with Gasteiger partial charge in [0.05, 0.1) is 14.2 Å². The Labute approximate surface area is 90.4 Å². The lowest BCUT2D eigenvalue weighted by Crippen LogP contribution is -2.40. The van der Waals surface area contributed by atoms with Crippen molar-refractivity contribution in [3.8, 4) is 11.5 Å². The molecule has 15 heavy (non-hydrogen) atoms. The lowest BCUT2D eigenvalue weighted by atomic mass is 9.92. The number of aryl methyl sites for hydroxylation is 1. The van der Waals surface area contributed by atoms with Crippen molar-refractivity contribution in [1.82, 2.24) is 5.32 Å². The van der Waals surface area contributed by atoms with E-state index in [1.54, 1.807) is 14.2 Å². The van der Waals surface area contributed by atoms with Gasteiger partial charge in [-0.1, -0.05) is 0 Å². The fourth-order valence-corrected chi connectivity index (χ4v) is 1.90. The molecular weight excluding hydrogens is 190 g/mol. The summed E-state index contributed by atoms with van der Waals surface area (Å²) >= 11 is 0. The van der Waals surface area contributed by atoms with Crippen LogP contribution in [-0.2, 0) is 0 Å². The third-order valence-electron chi connectivity index (χ3n) is 2.97. The number of methoxy groups -OCH3 is 2. The summed E-state index contributed by atoms with van der Waals surface area (Å²) in [4.78, 5) is 0. The third-order valence-corrected chi connectivity index (χ3v) is 2.97. The number of hydrogen-bond donors (Lipinski definition) is 1. The number of hydrogen-bond acceptors (Lipinski definition) is 3. The molecule has 2 rings (SSSR count). The second-order valence-electron chi connectivity index (χ2n) is 3.92. The van der Waals surface area contributed by atoms with Gasteiger partial charge in [-0.25, -0.2) is 0 Å². The van der Waals surface area contributed by atoms with Gasteiger partial charge in [-0.15, -0.1) is 0 Å². The van der Waals surface area contributed by atoms with E-state index in [4.69, 9.17) is 9.47 Å². The monoisotopic (exact) mass is 207 g/mol. The van der Waals surface area contributed by atoms with Gasteiger partial charge in [-0.3, -0.25) is 0 Å². The lowest BCUT2D eigenvalue weighted by molar-refractivity contribution is 0.376. The Bertz CT molecular complexity index is 359. The maximum atomic E-state index is 5.40. The van der Waals surface area contributed by atoms with Crippen LogP contribution in [-0.4, -0.2) is 27.3 Å². The van der Waals surface area contributed by atoms with Crippen molar-refractivity contribution in [2.45, 2.75) is 12.8 Å². The van der Waals surface area contributed by atoms with E-state index in [0.29, 0.717) is 5.92 Å². The van der Waals surface area contributed by atoms with Crippen LogP contribution in [0.4, 0.5) is 0 Å². The van der Waals surface area contributed by atoms with Crippen LogP contribution < -0.4 is 14.8 Å². The van der Waals surface area contributed by atoms with Crippen LogP contribution in [0.25, 0.3) is 0 Å². The van der Waals surface area contributed by atoms with Crippen molar-refractivity contribution >= 4 is 0 Å². The van der Waals surface area contributed by atoms with Crippen LogP contribution >= 0.6 is 0 Å².